The zero-order valence-electron chi connectivity index (χ0n) is 13.8. The summed E-state index contributed by atoms with van der Waals surface area (Å²) in [5.41, 5.74) is 3.35. The van der Waals surface area contributed by atoms with Gasteiger partial charge in [0.15, 0.2) is 0 Å². The Balaban J connectivity index is 1.59. The van der Waals surface area contributed by atoms with Gasteiger partial charge >= 0.3 is 5.97 Å². The molecule has 1 aliphatic carbocycles. The molecule has 25 heavy (non-hydrogen) atoms. The molecule has 0 unspecified atom stereocenters. The first-order chi connectivity index (χ1) is 12.1. The fourth-order valence-corrected chi connectivity index (χ4v) is 3.14. The Kier molecular flexibility index (Phi) is 3.53. The van der Waals surface area contributed by atoms with E-state index in [4.69, 9.17) is 0 Å². The highest BCUT2D eigenvalue weighted by Crippen LogP contribution is 2.48. The van der Waals surface area contributed by atoms with E-state index in [9.17, 15) is 9.90 Å². The molecule has 0 radical (unpaired) electrons. The molecular formula is C19H18N4O2. The molecule has 0 atom stereocenters. The number of hydrogen-bond donors (Lipinski definition) is 2. The molecule has 126 valence electrons. The standard InChI is InChI=1S/C19H18N4O2/c1-20-18-22-21-12-23(18)16-8-4-14(5-9-16)13-2-6-15(7-3-13)19(10-11-19)17(24)25/h2-9,12H,10-11H2,1H3,(H,20,22)(H,24,25). The summed E-state index contributed by atoms with van der Waals surface area (Å²) in [6.45, 7) is 0. The van der Waals surface area contributed by atoms with Crippen LogP contribution in [0, 0.1) is 0 Å². The van der Waals surface area contributed by atoms with Gasteiger partial charge in [0.05, 0.1) is 11.1 Å². The molecule has 1 fully saturated rings. The number of nitrogens with zero attached hydrogens (tertiary/aromatic N) is 3. The second kappa shape index (κ2) is 5.73. The van der Waals surface area contributed by atoms with Gasteiger partial charge in [0.2, 0.25) is 5.95 Å². The lowest BCUT2D eigenvalue weighted by Gasteiger charge is -2.11. The molecule has 3 aromatic rings. The summed E-state index contributed by atoms with van der Waals surface area (Å²) in [6, 6.07) is 15.9. The molecule has 1 aliphatic rings. The van der Waals surface area contributed by atoms with Gasteiger partial charge in [-0.3, -0.25) is 9.36 Å². The largest absolute Gasteiger partial charge is 0.481 e. The van der Waals surface area contributed by atoms with Crippen LogP contribution in [0.1, 0.15) is 18.4 Å². The lowest BCUT2D eigenvalue weighted by atomic mass is 9.94. The highest BCUT2D eigenvalue weighted by atomic mass is 16.4. The van der Waals surface area contributed by atoms with Crippen molar-refractivity contribution in [3.63, 3.8) is 0 Å². The average Bonchev–Trinajstić information content (AvgIpc) is 3.33. The predicted molar refractivity (Wildman–Crippen MR) is 94.9 cm³/mol. The number of aliphatic carboxylic acids is 1. The number of hydrogen-bond acceptors (Lipinski definition) is 4. The van der Waals surface area contributed by atoms with E-state index in [1.807, 2.05) is 53.1 Å². The number of anilines is 1. The van der Waals surface area contributed by atoms with Crippen molar-refractivity contribution in [2.45, 2.75) is 18.3 Å². The molecule has 6 nitrogen and oxygen atoms in total. The van der Waals surface area contributed by atoms with Gasteiger partial charge in [-0.25, -0.2) is 0 Å². The summed E-state index contributed by atoms with van der Waals surface area (Å²) in [4.78, 5) is 11.4. The van der Waals surface area contributed by atoms with E-state index in [-0.39, 0.29) is 0 Å². The van der Waals surface area contributed by atoms with Gasteiger partial charge in [-0.1, -0.05) is 36.4 Å². The minimum atomic E-state index is -0.723. The van der Waals surface area contributed by atoms with Crippen LogP contribution in [-0.2, 0) is 10.2 Å². The SMILES string of the molecule is CNc1nncn1-c1ccc(-c2ccc(C3(C(=O)O)CC3)cc2)cc1. The number of aromatic nitrogens is 3. The minimum absolute atomic E-state index is 0.652. The van der Waals surface area contributed by atoms with Gasteiger partial charge in [-0.2, -0.15) is 0 Å². The van der Waals surface area contributed by atoms with Crippen LogP contribution in [0.25, 0.3) is 16.8 Å². The predicted octanol–water partition coefficient (Wildman–Crippen LogP) is 3.09. The van der Waals surface area contributed by atoms with E-state index in [1.54, 1.807) is 13.4 Å². The third-order valence-electron chi connectivity index (χ3n) is 4.85. The molecule has 0 spiro atoms. The molecule has 2 aromatic carbocycles. The number of rotatable bonds is 5. The molecule has 4 rings (SSSR count). The Hall–Kier alpha value is -3.15. The Morgan fingerprint density at radius 1 is 1.08 bits per heavy atom. The Morgan fingerprint density at radius 2 is 1.68 bits per heavy atom. The first-order valence-corrected chi connectivity index (χ1v) is 8.16. The van der Waals surface area contributed by atoms with Crippen LogP contribution in [0.15, 0.2) is 54.9 Å². The summed E-state index contributed by atoms with van der Waals surface area (Å²) in [6.07, 6.45) is 3.11. The van der Waals surface area contributed by atoms with Crippen LogP contribution >= 0.6 is 0 Å². The Bertz CT molecular complexity index is 909. The van der Waals surface area contributed by atoms with Crippen molar-refractivity contribution < 1.29 is 9.90 Å². The quantitative estimate of drug-likeness (QED) is 0.749. The maximum atomic E-state index is 11.4. The van der Waals surface area contributed by atoms with Crippen molar-refractivity contribution in [3.05, 3.63) is 60.4 Å². The lowest BCUT2D eigenvalue weighted by Crippen LogP contribution is -2.19. The molecule has 1 heterocycles. The zero-order chi connectivity index (χ0) is 17.4. The van der Waals surface area contributed by atoms with Crippen molar-refractivity contribution in [1.82, 2.24) is 14.8 Å². The fraction of sp³-hybridized carbons (Fsp3) is 0.211. The number of carboxylic acids is 1. The van der Waals surface area contributed by atoms with E-state index in [2.05, 4.69) is 15.5 Å². The van der Waals surface area contributed by atoms with E-state index in [0.29, 0.717) is 5.95 Å². The van der Waals surface area contributed by atoms with Crippen LogP contribution in [0.5, 0.6) is 0 Å². The van der Waals surface area contributed by atoms with Crippen molar-refractivity contribution in [2.75, 3.05) is 12.4 Å². The molecule has 0 bridgehead atoms. The lowest BCUT2D eigenvalue weighted by molar-refractivity contribution is -0.140. The van der Waals surface area contributed by atoms with Gasteiger partial charge in [0.25, 0.3) is 0 Å². The summed E-state index contributed by atoms with van der Waals surface area (Å²) in [7, 11) is 1.81. The number of carboxylic acid groups (broad SMARTS) is 1. The molecule has 1 aromatic heterocycles. The van der Waals surface area contributed by atoms with E-state index < -0.39 is 11.4 Å². The number of nitrogens with one attached hydrogen (secondary N) is 1. The van der Waals surface area contributed by atoms with E-state index in [1.165, 1.54) is 0 Å². The second-order valence-corrected chi connectivity index (χ2v) is 6.29. The van der Waals surface area contributed by atoms with Crippen molar-refractivity contribution in [1.29, 1.82) is 0 Å². The van der Waals surface area contributed by atoms with Gasteiger partial charge in [0, 0.05) is 7.05 Å². The Labute approximate surface area is 145 Å². The third kappa shape index (κ3) is 2.55. The normalized spacial score (nSPS) is 14.9. The van der Waals surface area contributed by atoms with Crippen LogP contribution in [0.3, 0.4) is 0 Å². The minimum Gasteiger partial charge on any atom is -0.481 e. The smallest absolute Gasteiger partial charge is 0.314 e. The molecule has 0 saturated heterocycles. The summed E-state index contributed by atoms with van der Waals surface area (Å²) >= 11 is 0. The molecule has 0 aliphatic heterocycles. The van der Waals surface area contributed by atoms with Crippen LogP contribution < -0.4 is 5.32 Å². The van der Waals surface area contributed by atoms with Gasteiger partial charge in [-0.15, -0.1) is 10.2 Å². The summed E-state index contributed by atoms with van der Waals surface area (Å²) < 4.78 is 1.87. The topological polar surface area (TPSA) is 80.0 Å². The number of benzene rings is 2. The van der Waals surface area contributed by atoms with Gasteiger partial charge in [0.1, 0.15) is 6.33 Å². The maximum absolute atomic E-state index is 11.4. The first-order valence-electron chi connectivity index (χ1n) is 8.16. The van der Waals surface area contributed by atoms with Crippen LogP contribution in [0.4, 0.5) is 5.95 Å². The highest BCUT2D eigenvalue weighted by Gasteiger charge is 2.51. The zero-order valence-corrected chi connectivity index (χ0v) is 13.8. The van der Waals surface area contributed by atoms with Gasteiger partial charge < -0.3 is 10.4 Å². The van der Waals surface area contributed by atoms with E-state index in [0.717, 1.165) is 35.2 Å². The van der Waals surface area contributed by atoms with Crippen molar-refractivity contribution in [2.24, 2.45) is 0 Å². The Morgan fingerprint density at radius 3 is 2.20 bits per heavy atom. The fourth-order valence-electron chi connectivity index (χ4n) is 3.14. The second-order valence-electron chi connectivity index (χ2n) is 6.29. The van der Waals surface area contributed by atoms with Crippen LogP contribution in [0.2, 0.25) is 0 Å². The molecular weight excluding hydrogens is 316 g/mol. The van der Waals surface area contributed by atoms with E-state index >= 15 is 0 Å². The monoisotopic (exact) mass is 334 g/mol. The summed E-state index contributed by atoms with van der Waals surface area (Å²) in [5, 5.41) is 20.3. The third-order valence-corrected chi connectivity index (χ3v) is 4.85. The first kappa shape index (κ1) is 15.4. The average molecular weight is 334 g/mol. The molecule has 1 saturated carbocycles. The number of carbonyl (C=O) groups is 1. The van der Waals surface area contributed by atoms with Crippen LogP contribution in [-0.4, -0.2) is 32.9 Å². The highest BCUT2D eigenvalue weighted by molar-refractivity contribution is 5.85. The molecule has 2 N–H and O–H groups in total. The maximum Gasteiger partial charge on any atom is 0.314 e. The van der Waals surface area contributed by atoms with Crippen molar-refractivity contribution >= 4 is 11.9 Å². The van der Waals surface area contributed by atoms with Crippen molar-refractivity contribution in [3.8, 4) is 16.8 Å². The summed E-state index contributed by atoms with van der Waals surface area (Å²) in [5.74, 6) is -0.0422. The molecule has 6 heteroatoms. The molecule has 0 amide bonds. The van der Waals surface area contributed by atoms with Gasteiger partial charge in [-0.05, 0) is 41.7 Å².